The van der Waals surface area contributed by atoms with Crippen LogP contribution in [0.1, 0.15) is 32.6 Å². The number of para-hydroxylation sites is 1. The van der Waals surface area contributed by atoms with E-state index in [9.17, 15) is 4.79 Å². The molecule has 5 nitrogen and oxygen atoms in total. The lowest BCUT2D eigenvalue weighted by atomic mass is 10.0. The number of aliphatic hydroxyl groups is 1. The van der Waals surface area contributed by atoms with Crippen LogP contribution < -0.4 is 10.2 Å². The molecule has 1 unspecified atom stereocenters. The third kappa shape index (κ3) is 5.13. The van der Waals surface area contributed by atoms with Gasteiger partial charge in [-0.15, -0.1) is 0 Å². The highest BCUT2D eigenvalue weighted by molar-refractivity contribution is 5.74. The van der Waals surface area contributed by atoms with Crippen molar-refractivity contribution in [3.8, 4) is 0 Å². The molecule has 2 N–H and O–H groups in total. The summed E-state index contributed by atoms with van der Waals surface area (Å²) in [4.78, 5) is 16.5. The van der Waals surface area contributed by atoms with Crippen LogP contribution in [-0.2, 0) is 0 Å². The number of amides is 2. The zero-order valence-corrected chi connectivity index (χ0v) is 14.2. The number of hydrogen-bond acceptors (Lipinski definition) is 3. The number of nitrogens with zero attached hydrogens (tertiary/aromatic N) is 2. The lowest BCUT2D eigenvalue weighted by Gasteiger charge is -2.38. The smallest absolute Gasteiger partial charge is 0.317 e. The first kappa shape index (κ1) is 17.6. The minimum absolute atomic E-state index is 0.0243. The predicted molar refractivity (Wildman–Crippen MR) is 93.8 cm³/mol. The highest BCUT2D eigenvalue weighted by atomic mass is 16.3. The van der Waals surface area contributed by atoms with Crippen molar-refractivity contribution >= 4 is 11.7 Å². The number of anilines is 1. The highest BCUT2D eigenvalue weighted by Gasteiger charge is 2.25. The first-order chi connectivity index (χ1) is 11.1. The average Bonchev–Trinajstić information content (AvgIpc) is 2.60. The molecule has 1 fully saturated rings. The number of carbonyl (C=O) groups excluding carboxylic acids is 1. The Morgan fingerprint density at radius 2 is 2.00 bits per heavy atom. The Morgan fingerprint density at radius 1 is 1.35 bits per heavy atom. The predicted octanol–water partition coefficient (Wildman–Crippen LogP) is 2.46. The molecule has 1 atom stereocenters. The summed E-state index contributed by atoms with van der Waals surface area (Å²) < 4.78 is 0. The summed E-state index contributed by atoms with van der Waals surface area (Å²) in [5.74, 6) is 0. The van der Waals surface area contributed by atoms with Gasteiger partial charge in [-0.3, -0.25) is 0 Å². The molecule has 0 aromatic heterocycles. The number of urea groups is 1. The van der Waals surface area contributed by atoms with E-state index in [4.69, 9.17) is 5.11 Å². The summed E-state index contributed by atoms with van der Waals surface area (Å²) >= 11 is 0. The van der Waals surface area contributed by atoms with E-state index in [0.29, 0.717) is 6.04 Å². The summed E-state index contributed by atoms with van der Waals surface area (Å²) in [6, 6.07) is 11.0. The van der Waals surface area contributed by atoms with E-state index in [1.165, 1.54) is 5.69 Å². The zero-order chi connectivity index (χ0) is 16.7. The van der Waals surface area contributed by atoms with Crippen LogP contribution in [-0.4, -0.2) is 54.9 Å². The maximum Gasteiger partial charge on any atom is 0.317 e. The van der Waals surface area contributed by atoms with E-state index in [1.54, 1.807) is 0 Å². The van der Waals surface area contributed by atoms with Gasteiger partial charge in [0.05, 0.1) is 0 Å². The number of piperidine rings is 1. The molecule has 0 aliphatic carbocycles. The number of carbonyl (C=O) groups is 1. The lowest BCUT2D eigenvalue weighted by Crippen LogP contribution is -2.50. The summed E-state index contributed by atoms with van der Waals surface area (Å²) in [5, 5.41) is 11.9. The topological polar surface area (TPSA) is 55.8 Å². The monoisotopic (exact) mass is 319 g/mol. The number of benzene rings is 1. The SMILES string of the molecule is CC(CCCO)NC(=O)N1CCC(N(C)c2ccccc2)CC1. The summed E-state index contributed by atoms with van der Waals surface area (Å²) in [5.41, 5.74) is 1.23. The number of aliphatic hydroxyl groups excluding tert-OH is 1. The maximum atomic E-state index is 12.3. The molecule has 128 valence electrons. The summed E-state index contributed by atoms with van der Waals surface area (Å²) in [6.07, 6.45) is 3.52. The van der Waals surface area contributed by atoms with Gasteiger partial charge in [-0.25, -0.2) is 4.79 Å². The van der Waals surface area contributed by atoms with Crippen LogP contribution in [0.3, 0.4) is 0 Å². The highest BCUT2D eigenvalue weighted by Crippen LogP contribution is 2.21. The van der Waals surface area contributed by atoms with Gasteiger partial charge in [0, 0.05) is 44.5 Å². The van der Waals surface area contributed by atoms with Crippen LogP contribution in [0.25, 0.3) is 0 Å². The van der Waals surface area contributed by atoms with Crippen LogP contribution in [0, 0.1) is 0 Å². The van der Waals surface area contributed by atoms with Crippen molar-refractivity contribution in [1.82, 2.24) is 10.2 Å². The van der Waals surface area contributed by atoms with Gasteiger partial charge >= 0.3 is 6.03 Å². The Kier molecular flexibility index (Phi) is 6.71. The van der Waals surface area contributed by atoms with E-state index >= 15 is 0 Å². The maximum absolute atomic E-state index is 12.3. The largest absolute Gasteiger partial charge is 0.396 e. The summed E-state index contributed by atoms with van der Waals surface area (Å²) in [7, 11) is 2.13. The van der Waals surface area contributed by atoms with E-state index in [0.717, 1.165) is 38.8 Å². The summed E-state index contributed by atoms with van der Waals surface area (Å²) in [6.45, 7) is 3.75. The van der Waals surface area contributed by atoms with Crippen molar-refractivity contribution in [2.24, 2.45) is 0 Å². The van der Waals surface area contributed by atoms with Crippen molar-refractivity contribution < 1.29 is 9.90 Å². The molecule has 1 saturated heterocycles. The molecule has 0 bridgehead atoms. The minimum atomic E-state index is 0.0243. The third-order valence-corrected chi connectivity index (χ3v) is 4.63. The van der Waals surface area contributed by atoms with E-state index in [1.807, 2.05) is 17.9 Å². The van der Waals surface area contributed by atoms with Crippen LogP contribution in [0.15, 0.2) is 30.3 Å². The molecule has 5 heteroatoms. The molecule has 1 aromatic carbocycles. The van der Waals surface area contributed by atoms with Crippen molar-refractivity contribution in [3.63, 3.8) is 0 Å². The van der Waals surface area contributed by atoms with Gasteiger partial charge in [-0.1, -0.05) is 18.2 Å². The second-order valence-electron chi connectivity index (χ2n) is 6.38. The molecule has 1 heterocycles. The van der Waals surface area contributed by atoms with Crippen LogP contribution >= 0.6 is 0 Å². The molecular formula is C18H29N3O2. The molecule has 2 amide bonds. The fraction of sp³-hybridized carbons (Fsp3) is 0.611. The quantitative estimate of drug-likeness (QED) is 0.847. The average molecular weight is 319 g/mol. The van der Waals surface area contributed by atoms with Gasteiger partial charge in [-0.05, 0) is 44.7 Å². The Bertz CT molecular complexity index is 472. The van der Waals surface area contributed by atoms with E-state index in [-0.39, 0.29) is 18.7 Å². The Labute approximate surface area is 139 Å². The van der Waals surface area contributed by atoms with Gasteiger partial charge in [0.15, 0.2) is 0 Å². The van der Waals surface area contributed by atoms with Gasteiger partial charge in [0.25, 0.3) is 0 Å². The Balaban J connectivity index is 1.78. The lowest BCUT2D eigenvalue weighted by molar-refractivity contribution is 0.176. The number of rotatable bonds is 6. The molecule has 0 saturated carbocycles. The van der Waals surface area contributed by atoms with Crippen LogP contribution in [0.2, 0.25) is 0 Å². The second-order valence-corrected chi connectivity index (χ2v) is 6.38. The molecule has 23 heavy (non-hydrogen) atoms. The Morgan fingerprint density at radius 3 is 2.61 bits per heavy atom. The number of likely N-dealkylation sites (tertiary alicyclic amines) is 1. The van der Waals surface area contributed by atoms with Crippen LogP contribution in [0.5, 0.6) is 0 Å². The fourth-order valence-corrected chi connectivity index (χ4v) is 3.10. The van der Waals surface area contributed by atoms with Crippen molar-refractivity contribution in [2.45, 2.75) is 44.7 Å². The molecule has 2 rings (SSSR count). The Hall–Kier alpha value is -1.75. The third-order valence-electron chi connectivity index (χ3n) is 4.63. The number of nitrogens with one attached hydrogen (secondary N) is 1. The molecule has 1 aromatic rings. The number of hydrogen-bond donors (Lipinski definition) is 2. The molecule has 1 aliphatic rings. The van der Waals surface area contributed by atoms with Gasteiger partial charge in [0.2, 0.25) is 0 Å². The van der Waals surface area contributed by atoms with Crippen molar-refractivity contribution in [1.29, 1.82) is 0 Å². The van der Waals surface area contributed by atoms with Gasteiger partial charge < -0.3 is 20.2 Å². The van der Waals surface area contributed by atoms with Gasteiger partial charge in [-0.2, -0.15) is 0 Å². The van der Waals surface area contributed by atoms with Crippen molar-refractivity contribution in [3.05, 3.63) is 30.3 Å². The van der Waals surface area contributed by atoms with Crippen molar-refractivity contribution in [2.75, 3.05) is 31.6 Å². The van der Waals surface area contributed by atoms with Gasteiger partial charge in [0.1, 0.15) is 0 Å². The van der Waals surface area contributed by atoms with E-state index < -0.39 is 0 Å². The molecular weight excluding hydrogens is 290 g/mol. The standard InChI is InChI=1S/C18H29N3O2/c1-15(7-6-14-22)19-18(23)21-12-10-17(11-13-21)20(2)16-8-4-3-5-9-16/h3-5,8-9,15,17,22H,6-7,10-14H2,1-2H3,(H,19,23). The molecule has 0 spiro atoms. The molecule has 0 radical (unpaired) electrons. The normalized spacial score (nSPS) is 16.9. The first-order valence-corrected chi connectivity index (χ1v) is 8.56. The fourth-order valence-electron chi connectivity index (χ4n) is 3.10. The first-order valence-electron chi connectivity index (χ1n) is 8.56. The second kappa shape index (κ2) is 8.77. The van der Waals surface area contributed by atoms with Crippen LogP contribution in [0.4, 0.5) is 10.5 Å². The van der Waals surface area contributed by atoms with E-state index in [2.05, 4.69) is 41.5 Å². The molecule has 1 aliphatic heterocycles. The zero-order valence-electron chi connectivity index (χ0n) is 14.2. The minimum Gasteiger partial charge on any atom is -0.396 e.